The molecule has 3 nitrogen and oxygen atoms in total. The van der Waals surface area contributed by atoms with Gasteiger partial charge in [0.1, 0.15) is 5.69 Å². The predicted molar refractivity (Wildman–Crippen MR) is 37.7 cm³/mol. The summed E-state index contributed by atoms with van der Waals surface area (Å²) in [6.45, 7) is 1.97. The van der Waals surface area contributed by atoms with Gasteiger partial charge in [-0.25, -0.2) is 9.97 Å². The van der Waals surface area contributed by atoms with Crippen LogP contribution in [0, 0.1) is 6.92 Å². The van der Waals surface area contributed by atoms with Gasteiger partial charge in [0.25, 0.3) is 0 Å². The van der Waals surface area contributed by atoms with E-state index in [1.54, 1.807) is 12.5 Å². The summed E-state index contributed by atoms with van der Waals surface area (Å²) in [7, 11) is 0. The van der Waals surface area contributed by atoms with E-state index in [2.05, 4.69) is 15.0 Å². The van der Waals surface area contributed by atoms with E-state index in [1.807, 2.05) is 13.0 Å². The van der Waals surface area contributed by atoms with Gasteiger partial charge in [-0.3, -0.25) is 0 Å². The number of nitrogens with zero attached hydrogens (tertiary/aromatic N) is 2. The van der Waals surface area contributed by atoms with Crippen molar-refractivity contribution in [2.75, 3.05) is 0 Å². The Balaban J connectivity index is 2.76. The first-order valence-electron chi connectivity index (χ1n) is 3.12. The molecule has 1 N–H and O–H groups in total. The maximum Gasteiger partial charge on any atom is 0.105 e. The van der Waals surface area contributed by atoms with Gasteiger partial charge in [0.15, 0.2) is 0 Å². The van der Waals surface area contributed by atoms with Crippen molar-refractivity contribution in [2.45, 2.75) is 6.92 Å². The lowest BCUT2D eigenvalue weighted by atomic mass is 10.3. The van der Waals surface area contributed by atoms with Gasteiger partial charge in [0.05, 0.1) is 18.2 Å². The van der Waals surface area contributed by atoms with E-state index in [9.17, 15) is 0 Å². The van der Waals surface area contributed by atoms with Gasteiger partial charge >= 0.3 is 0 Å². The first kappa shape index (κ1) is 5.41. The zero-order valence-electron chi connectivity index (χ0n) is 5.63. The minimum absolute atomic E-state index is 0.931. The number of hydrogen-bond acceptors (Lipinski definition) is 2. The van der Waals surface area contributed by atoms with Crippen molar-refractivity contribution < 1.29 is 0 Å². The van der Waals surface area contributed by atoms with Crippen molar-refractivity contribution >= 4 is 0 Å². The molecule has 10 heavy (non-hydrogen) atoms. The summed E-state index contributed by atoms with van der Waals surface area (Å²) in [4.78, 5) is 11.1. The first-order chi connectivity index (χ1) is 4.86. The second-order valence-corrected chi connectivity index (χ2v) is 2.25. The average Bonchev–Trinajstić information content (AvgIpc) is 2.27. The number of fused-ring (bicyclic) bond motifs is 1. The molecular weight excluding hydrogens is 126 g/mol. The molecule has 0 aromatic carbocycles. The normalized spacial score (nSPS) is 10.5. The molecule has 0 amide bonds. The van der Waals surface area contributed by atoms with Gasteiger partial charge < -0.3 is 4.98 Å². The third-order valence-corrected chi connectivity index (χ3v) is 1.42. The van der Waals surface area contributed by atoms with E-state index in [0.717, 1.165) is 17.1 Å². The first-order valence-corrected chi connectivity index (χ1v) is 3.12. The molecule has 2 aliphatic rings. The number of H-pyrrole nitrogens is 1. The minimum Gasteiger partial charge on any atom is -0.345 e. The molecule has 0 aromatic heterocycles. The Morgan fingerprint density at radius 3 is 3.20 bits per heavy atom. The fraction of sp³-hybridized carbons (Fsp3) is 0.143. The van der Waals surface area contributed by atoms with Gasteiger partial charge in [0, 0.05) is 5.69 Å². The van der Waals surface area contributed by atoms with Crippen LogP contribution in [0.3, 0.4) is 0 Å². The molecule has 0 atom stereocenters. The lowest BCUT2D eigenvalue weighted by Crippen LogP contribution is -1.82. The molecule has 0 spiro atoms. The molecule has 0 saturated carbocycles. The summed E-state index contributed by atoms with van der Waals surface area (Å²) in [5, 5.41) is 0. The fourth-order valence-corrected chi connectivity index (χ4v) is 0.994. The Hall–Kier alpha value is -1.38. The number of nitrogens with one attached hydrogen (secondary N) is 1. The quantitative estimate of drug-likeness (QED) is 0.587. The van der Waals surface area contributed by atoms with Crippen LogP contribution in [-0.2, 0) is 0 Å². The van der Waals surface area contributed by atoms with Gasteiger partial charge in [0.2, 0.25) is 0 Å². The van der Waals surface area contributed by atoms with E-state index < -0.39 is 0 Å². The maximum atomic E-state index is 4.22. The molecule has 0 radical (unpaired) electrons. The Morgan fingerprint density at radius 2 is 2.40 bits per heavy atom. The summed E-state index contributed by atoms with van der Waals surface area (Å²) in [5.74, 6) is 0. The van der Waals surface area contributed by atoms with Crippen LogP contribution in [-0.4, -0.2) is 15.0 Å². The van der Waals surface area contributed by atoms with Crippen LogP contribution in [0.4, 0.5) is 0 Å². The lowest BCUT2D eigenvalue weighted by molar-refractivity contribution is 1.15. The van der Waals surface area contributed by atoms with Crippen molar-refractivity contribution in [2.24, 2.45) is 0 Å². The monoisotopic (exact) mass is 133 g/mol. The number of aryl methyl sites for hydroxylation is 1. The zero-order valence-corrected chi connectivity index (χ0v) is 5.63. The third-order valence-electron chi connectivity index (χ3n) is 1.42. The molecule has 0 fully saturated rings. The van der Waals surface area contributed by atoms with Gasteiger partial charge in [-0.05, 0) is 13.0 Å². The highest BCUT2D eigenvalue weighted by molar-refractivity contribution is 5.55. The predicted octanol–water partition coefficient (Wildman–Crippen LogP) is 1.22. The van der Waals surface area contributed by atoms with Crippen LogP contribution in [0.5, 0.6) is 0 Å². The average molecular weight is 133 g/mol. The van der Waals surface area contributed by atoms with Crippen molar-refractivity contribution in [3.05, 3.63) is 24.3 Å². The third kappa shape index (κ3) is 0.673. The Morgan fingerprint density at radius 1 is 1.50 bits per heavy atom. The summed E-state index contributed by atoms with van der Waals surface area (Å²) < 4.78 is 0. The Bertz CT molecular complexity index is 283. The molecule has 0 unspecified atom stereocenters. The van der Waals surface area contributed by atoms with Crippen LogP contribution >= 0.6 is 0 Å². The molecule has 0 aromatic rings. The van der Waals surface area contributed by atoms with Crippen LogP contribution < -0.4 is 0 Å². The second kappa shape index (κ2) is 1.80. The highest BCUT2D eigenvalue weighted by atomic mass is 14.9. The summed E-state index contributed by atoms with van der Waals surface area (Å²) >= 11 is 0. The molecule has 0 bridgehead atoms. The van der Waals surface area contributed by atoms with Crippen molar-refractivity contribution in [3.63, 3.8) is 0 Å². The SMILES string of the molecule is Cc1cc2[nH]cncc-2n1. The highest BCUT2D eigenvalue weighted by Gasteiger charge is 2.03. The molecule has 2 rings (SSSR count). The Labute approximate surface area is 58.5 Å². The van der Waals surface area contributed by atoms with E-state index >= 15 is 0 Å². The van der Waals surface area contributed by atoms with Crippen LogP contribution in [0.15, 0.2) is 18.6 Å². The van der Waals surface area contributed by atoms with Crippen LogP contribution in [0.25, 0.3) is 11.4 Å². The topological polar surface area (TPSA) is 41.6 Å². The summed E-state index contributed by atoms with van der Waals surface area (Å²) in [5.41, 5.74) is 3.01. The molecule has 50 valence electrons. The van der Waals surface area contributed by atoms with Gasteiger partial charge in [-0.2, -0.15) is 0 Å². The number of aromatic amines is 1. The number of hydrogen-bond donors (Lipinski definition) is 1. The van der Waals surface area contributed by atoms with E-state index in [1.165, 1.54) is 0 Å². The maximum absolute atomic E-state index is 4.22. The van der Waals surface area contributed by atoms with Gasteiger partial charge in [-0.1, -0.05) is 0 Å². The molecule has 3 heteroatoms. The highest BCUT2D eigenvalue weighted by Crippen LogP contribution is 2.16. The standard InChI is InChI=1S/C7H7N3/c1-5-2-6-7(10-5)3-8-4-9-6/h2-4H,1H3,(H,8,9). The fourth-order valence-electron chi connectivity index (χ4n) is 0.994. The lowest BCUT2D eigenvalue weighted by Gasteiger charge is -1.91. The summed E-state index contributed by atoms with van der Waals surface area (Å²) in [6.07, 6.45) is 3.41. The molecule has 0 aliphatic carbocycles. The molecule has 0 saturated heterocycles. The number of rotatable bonds is 0. The van der Waals surface area contributed by atoms with Crippen LogP contribution in [0.2, 0.25) is 0 Å². The molecule has 2 heterocycles. The second-order valence-electron chi connectivity index (χ2n) is 2.25. The molecule has 2 aliphatic heterocycles. The van der Waals surface area contributed by atoms with Crippen molar-refractivity contribution in [1.29, 1.82) is 0 Å². The smallest absolute Gasteiger partial charge is 0.105 e. The van der Waals surface area contributed by atoms with E-state index in [-0.39, 0.29) is 0 Å². The van der Waals surface area contributed by atoms with Crippen molar-refractivity contribution in [1.82, 2.24) is 15.0 Å². The summed E-state index contributed by atoms with van der Waals surface area (Å²) in [6, 6.07) is 2.00. The Kier molecular flexibility index (Phi) is 0.974. The minimum atomic E-state index is 0.931. The largest absolute Gasteiger partial charge is 0.345 e. The van der Waals surface area contributed by atoms with E-state index in [4.69, 9.17) is 0 Å². The van der Waals surface area contributed by atoms with E-state index in [0.29, 0.717) is 0 Å². The zero-order chi connectivity index (χ0) is 6.97. The van der Waals surface area contributed by atoms with Gasteiger partial charge in [-0.15, -0.1) is 0 Å². The van der Waals surface area contributed by atoms with Crippen molar-refractivity contribution in [3.8, 4) is 11.4 Å². The molecular formula is C7H7N3. The van der Waals surface area contributed by atoms with Crippen LogP contribution in [0.1, 0.15) is 5.69 Å². The number of aromatic nitrogens is 3.